The molecule has 7 heteroatoms. The van der Waals surface area contributed by atoms with Crippen LogP contribution in [0.2, 0.25) is 0 Å². The minimum absolute atomic E-state index is 0.0865. The maximum atomic E-state index is 13.9. The van der Waals surface area contributed by atoms with Crippen LogP contribution in [0.4, 0.5) is 4.39 Å². The fraction of sp³-hybridized carbons (Fsp3) is 0.533. The number of halogens is 1. The summed E-state index contributed by atoms with van der Waals surface area (Å²) in [4.78, 5) is 16.9. The van der Waals surface area contributed by atoms with Gasteiger partial charge >= 0.3 is 7.12 Å². The molecule has 22 heavy (non-hydrogen) atoms. The maximum absolute atomic E-state index is 13.9. The molecule has 2 rings (SSSR count). The Morgan fingerprint density at radius 1 is 1.23 bits per heavy atom. The first-order valence-electron chi connectivity index (χ1n) is 7.06. The third-order valence-corrected chi connectivity index (χ3v) is 4.31. The van der Waals surface area contributed by atoms with Crippen LogP contribution in [0.1, 0.15) is 38.1 Å². The average molecular weight is 309 g/mol. The van der Waals surface area contributed by atoms with Gasteiger partial charge < -0.3 is 9.31 Å². The largest absolute Gasteiger partial charge is 0.494 e. The van der Waals surface area contributed by atoms with Crippen LogP contribution >= 0.6 is 0 Å². The number of carbonyl (C=O) groups excluding carboxylic acids is 1. The van der Waals surface area contributed by atoms with E-state index in [-0.39, 0.29) is 5.56 Å². The van der Waals surface area contributed by atoms with Crippen molar-refractivity contribution in [1.82, 2.24) is 5.06 Å². The molecule has 0 unspecified atom stereocenters. The molecule has 1 aliphatic rings. The minimum atomic E-state index is -0.648. The molecule has 0 atom stereocenters. The van der Waals surface area contributed by atoms with Crippen LogP contribution in [0, 0.1) is 5.82 Å². The minimum Gasteiger partial charge on any atom is -0.399 e. The normalized spacial score (nSPS) is 19.3. The van der Waals surface area contributed by atoms with Crippen molar-refractivity contribution in [2.75, 3.05) is 14.2 Å². The Labute approximate surface area is 130 Å². The van der Waals surface area contributed by atoms with Gasteiger partial charge in [-0.15, -0.1) is 0 Å². The summed E-state index contributed by atoms with van der Waals surface area (Å²) in [6.45, 7) is 7.73. The van der Waals surface area contributed by atoms with Gasteiger partial charge in [-0.05, 0) is 45.3 Å². The fourth-order valence-corrected chi connectivity index (χ4v) is 2.09. The van der Waals surface area contributed by atoms with Crippen molar-refractivity contribution in [3.8, 4) is 0 Å². The van der Waals surface area contributed by atoms with Crippen molar-refractivity contribution in [3.05, 3.63) is 29.6 Å². The van der Waals surface area contributed by atoms with Crippen LogP contribution in [0.5, 0.6) is 0 Å². The summed E-state index contributed by atoms with van der Waals surface area (Å²) in [5.41, 5.74) is -0.497. The predicted octanol–water partition coefficient (Wildman–Crippen LogP) is 1.76. The second-order valence-electron chi connectivity index (χ2n) is 6.31. The highest BCUT2D eigenvalue weighted by molar-refractivity contribution is 6.62. The highest BCUT2D eigenvalue weighted by Gasteiger charge is 2.51. The van der Waals surface area contributed by atoms with Gasteiger partial charge in [0, 0.05) is 7.05 Å². The van der Waals surface area contributed by atoms with Crippen molar-refractivity contribution in [1.29, 1.82) is 0 Å². The van der Waals surface area contributed by atoms with Crippen LogP contribution in [0.25, 0.3) is 0 Å². The van der Waals surface area contributed by atoms with Crippen LogP contribution in [-0.2, 0) is 14.1 Å². The number of hydroxylamine groups is 2. The summed E-state index contributed by atoms with van der Waals surface area (Å²) in [6, 6.07) is 4.23. The van der Waals surface area contributed by atoms with Crippen molar-refractivity contribution in [2.24, 2.45) is 0 Å². The van der Waals surface area contributed by atoms with Crippen LogP contribution in [0.3, 0.4) is 0 Å². The van der Waals surface area contributed by atoms with Crippen molar-refractivity contribution >= 4 is 18.5 Å². The highest BCUT2D eigenvalue weighted by atomic mass is 19.1. The van der Waals surface area contributed by atoms with E-state index >= 15 is 0 Å². The summed E-state index contributed by atoms with van der Waals surface area (Å²) < 4.78 is 25.7. The van der Waals surface area contributed by atoms with E-state index in [4.69, 9.17) is 14.1 Å². The number of hydrogen-bond donors (Lipinski definition) is 0. The van der Waals surface area contributed by atoms with E-state index in [1.165, 1.54) is 26.3 Å². The van der Waals surface area contributed by atoms with Gasteiger partial charge in [-0.25, -0.2) is 9.45 Å². The predicted molar refractivity (Wildman–Crippen MR) is 81.2 cm³/mol. The Bertz CT molecular complexity index is 575. The van der Waals surface area contributed by atoms with E-state index < -0.39 is 30.0 Å². The second kappa shape index (κ2) is 5.64. The smallest absolute Gasteiger partial charge is 0.399 e. The lowest BCUT2D eigenvalue weighted by molar-refractivity contribution is -0.0759. The molecule has 0 N–H and O–H groups in total. The molecule has 120 valence electrons. The molecule has 0 aromatic heterocycles. The molecule has 0 bridgehead atoms. The van der Waals surface area contributed by atoms with Gasteiger partial charge in [-0.2, -0.15) is 0 Å². The van der Waals surface area contributed by atoms with Gasteiger partial charge in [0.05, 0.1) is 23.9 Å². The molecule has 0 radical (unpaired) electrons. The average Bonchev–Trinajstić information content (AvgIpc) is 2.66. The molecule has 5 nitrogen and oxygen atoms in total. The molecule has 1 aromatic carbocycles. The van der Waals surface area contributed by atoms with Crippen LogP contribution < -0.4 is 5.46 Å². The maximum Gasteiger partial charge on any atom is 0.494 e. The fourth-order valence-electron chi connectivity index (χ4n) is 2.09. The van der Waals surface area contributed by atoms with Crippen molar-refractivity contribution < 1.29 is 23.3 Å². The lowest BCUT2D eigenvalue weighted by atomic mass is 9.78. The van der Waals surface area contributed by atoms with Gasteiger partial charge in [0.1, 0.15) is 5.82 Å². The van der Waals surface area contributed by atoms with E-state index in [9.17, 15) is 9.18 Å². The first kappa shape index (κ1) is 16.9. The Balaban J connectivity index is 2.34. The summed E-state index contributed by atoms with van der Waals surface area (Å²) in [7, 11) is 2.11. The standard InChI is InChI=1S/C15H21BFNO4/c1-14(2)15(3,4)22-16(21-14)10-7-8-12(17)11(9-10)13(19)18(5)20-6/h7-9H,1-6H3. The van der Waals surface area contributed by atoms with Gasteiger partial charge in [0.2, 0.25) is 0 Å². The molecule has 1 amide bonds. The molecule has 1 heterocycles. The summed E-state index contributed by atoms with van der Waals surface area (Å²) in [5.74, 6) is -1.19. The summed E-state index contributed by atoms with van der Waals surface area (Å²) >= 11 is 0. The molecule has 1 aromatic rings. The number of hydrogen-bond acceptors (Lipinski definition) is 4. The molecule has 1 fully saturated rings. The first-order chi connectivity index (χ1) is 10.1. The summed E-state index contributed by atoms with van der Waals surface area (Å²) in [6.07, 6.45) is 0. The highest BCUT2D eigenvalue weighted by Crippen LogP contribution is 2.36. The van der Waals surface area contributed by atoms with E-state index in [0.29, 0.717) is 5.46 Å². The van der Waals surface area contributed by atoms with Crippen LogP contribution in [-0.4, -0.2) is 43.4 Å². The zero-order valence-corrected chi connectivity index (χ0v) is 13.8. The molecular formula is C15H21BFNO4. The molecular weight excluding hydrogens is 288 g/mol. The molecule has 1 aliphatic heterocycles. The quantitative estimate of drug-likeness (QED) is 0.630. The lowest BCUT2D eigenvalue weighted by Gasteiger charge is -2.32. The van der Waals surface area contributed by atoms with E-state index in [2.05, 4.69) is 0 Å². The Kier molecular flexibility index (Phi) is 4.34. The molecule has 1 saturated heterocycles. The number of benzene rings is 1. The topological polar surface area (TPSA) is 48.0 Å². The number of nitrogens with zero attached hydrogens (tertiary/aromatic N) is 1. The Hall–Kier alpha value is -1.44. The monoisotopic (exact) mass is 309 g/mol. The van der Waals surface area contributed by atoms with Crippen molar-refractivity contribution in [2.45, 2.75) is 38.9 Å². The third-order valence-electron chi connectivity index (χ3n) is 4.31. The first-order valence-corrected chi connectivity index (χ1v) is 7.06. The molecule has 0 spiro atoms. The Morgan fingerprint density at radius 2 is 1.77 bits per heavy atom. The van der Waals surface area contributed by atoms with Gasteiger partial charge in [-0.3, -0.25) is 9.63 Å². The van der Waals surface area contributed by atoms with E-state index in [1.807, 2.05) is 27.7 Å². The lowest BCUT2D eigenvalue weighted by Crippen LogP contribution is -2.41. The third kappa shape index (κ3) is 2.88. The Morgan fingerprint density at radius 3 is 2.27 bits per heavy atom. The van der Waals surface area contributed by atoms with Crippen molar-refractivity contribution in [3.63, 3.8) is 0 Å². The van der Waals surface area contributed by atoms with Gasteiger partial charge in [0.15, 0.2) is 0 Å². The number of rotatable bonds is 3. The van der Waals surface area contributed by atoms with Gasteiger partial charge in [0.25, 0.3) is 5.91 Å². The summed E-state index contributed by atoms with van der Waals surface area (Å²) in [5, 5.41) is 0.965. The zero-order chi connectivity index (χ0) is 16.7. The molecule has 0 saturated carbocycles. The van der Waals surface area contributed by atoms with Crippen LogP contribution in [0.15, 0.2) is 18.2 Å². The number of carbonyl (C=O) groups is 1. The second-order valence-corrected chi connectivity index (χ2v) is 6.31. The SMILES string of the molecule is CON(C)C(=O)c1cc(B2OC(C)(C)C(C)(C)O2)ccc1F. The number of amides is 1. The van der Waals surface area contributed by atoms with Gasteiger partial charge in [-0.1, -0.05) is 6.07 Å². The van der Waals surface area contributed by atoms with E-state index in [1.54, 1.807) is 6.07 Å². The zero-order valence-electron chi connectivity index (χ0n) is 13.8. The molecule has 0 aliphatic carbocycles. The van der Waals surface area contributed by atoms with E-state index in [0.717, 1.165) is 5.06 Å².